The van der Waals surface area contributed by atoms with Crippen LogP contribution in [0, 0.1) is 0 Å². The topological polar surface area (TPSA) is 99.4 Å². The summed E-state index contributed by atoms with van der Waals surface area (Å²) >= 11 is 4.78. The van der Waals surface area contributed by atoms with Crippen LogP contribution in [0.4, 0.5) is 5.69 Å². The summed E-state index contributed by atoms with van der Waals surface area (Å²) in [5, 5.41) is 0. The van der Waals surface area contributed by atoms with Crippen LogP contribution in [0.15, 0.2) is 92.3 Å². The van der Waals surface area contributed by atoms with E-state index in [1.807, 2.05) is 61.5 Å². The highest BCUT2D eigenvalue weighted by molar-refractivity contribution is 9.10. The van der Waals surface area contributed by atoms with E-state index in [4.69, 9.17) is 19.2 Å². The summed E-state index contributed by atoms with van der Waals surface area (Å²) in [6.45, 7) is 6.18. The van der Waals surface area contributed by atoms with Crippen LogP contribution in [-0.2, 0) is 20.9 Å². The summed E-state index contributed by atoms with van der Waals surface area (Å²) in [5.74, 6) is 0.0933. The molecule has 45 heavy (non-hydrogen) atoms. The maximum Gasteiger partial charge on any atom is 0.338 e. The lowest BCUT2D eigenvalue weighted by Gasteiger charge is -2.26. The summed E-state index contributed by atoms with van der Waals surface area (Å²) < 4.78 is 19.2. The quantitative estimate of drug-likeness (QED) is 0.245. The third kappa shape index (κ3) is 5.29. The fraction of sp³-hybridized carbons (Fsp3) is 0.235. The number of thiazole rings is 1. The summed E-state index contributed by atoms with van der Waals surface area (Å²) in [6, 6.07) is 19.8. The third-order valence-electron chi connectivity index (χ3n) is 7.70. The van der Waals surface area contributed by atoms with Gasteiger partial charge < -0.3 is 19.1 Å². The van der Waals surface area contributed by atoms with Gasteiger partial charge in [-0.15, -0.1) is 0 Å². The second kappa shape index (κ2) is 12.5. The van der Waals surface area contributed by atoms with Crippen LogP contribution < -0.4 is 29.3 Å². The average Bonchev–Trinajstić information content (AvgIpc) is 3.49. The molecule has 2 aliphatic heterocycles. The minimum Gasteiger partial charge on any atom is -0.493 e. The van der Waals surface area contributed by atoms with Crippen LogP contribution in [0.5, 0.6) is 11.5 Å². The highest BCUT2D eigenvalue weighted by Gasteiger charge is 2.38. The Hall–Kier alpha value is -4.48. The van der Waals surface area contributed by atoms with Crippen molar-refractivity contribution < 1.29 is 23.8 Å². The smallest absolute Gasteiger partial charge is 0.338 e. The number of hydrogen-bond donors (Lipinski definition) is 0. The highest BCUT2D eigenvalue weighted by atomic mass is 79.9. The monoisotopic (exact) mass is 687 g/mol. The molecule has 0 bridgehead atoms. The van der Waals surface area contributed by atoms with Crippen molar-refractivity contribution in [3.63, 3.8) is 0 Å². The van der Waals surface area contributed by atoms with Gasteiger partial charge in [0, 0.05) is 10.0 Å². The Morgan fingerprint density at radius 1 is 1.00 bits per heavy atom. The molecule has 0 N–H and O–H groups in total. The molecule has 0 saturated carbocycles. The van der Waals surface area contributed by atoms with E-state index in [-0.39, 0.29) is 22.6 Å². The maximum atomic E-state index is 14.6. The Bertz CT molecular complexity index is 2050. The molecule has 0 aliphatic carbocycles. The molecule has 4 aromatic rings. The zero-order valence-corrected chi connectivity index (χ0v) is 27.5. The minimum atomic E-state index is -0.915. The molecule has 1 aromatic heterocycles. The molecule has 6 rings (SSSR count). The Labute approximate surface area is 271 Å². The van der Waals surface area contributed by atoms with Crippen molar-refractivity contribution in [3.05, 3.63) is 119 Å². The first-order valence-corrected chi connectivity index (χ1v) is 16.1. The fourth-order valence-electron chi connectivity index (χ4n) is 5.75. The van der Waals surface area contributed by atoms with Gasteiger partial charge in [0.25, 0.3) is 11.5 Å². The summed E-state index contributed by atoms with van der Waals surface area (Å²) in [6.07, 6.45) is 0. The molecule has 0 spiro atoms. The Morgan fingerprint density at radius 3 is 2.44 bits per heavy atom. The molecule has 9 nitrogen and oxygen atoms in total. The lowest BCUT2D eigenvalue weighted by molar-refractivity contribution is -0.139. The first kappa shape index (κ1) is 30.5. The second-order valence-electron chi connectivity index (χ2n) is 10.3. The number of halogens is 1. The van der Waals surface area contributed by atoms with Gasteiger partial charge in [-0.2, -0.15) is 0 Å². The molecule has 11 heteroatoms. The molecule has 0 unspecified atom stereocenters. The number of fused-ring (bicyclic) bond motifs is 2. The van der Waals surface area contributed by atoms with E-state index in [2.05, 4.69) is 15.9 Å². The molecule has 0 saturated heterocycles. The molecule has 3 heterocycles. The molecule has 1 amide bonds. The highest BCUT2D eigenvalue weighted by Crippen LogP contribution is 2.41. The number of methoxy groups -OCH3 is 1. The van der Waals surface area contributed by atoms with Crippen molar-refractivity contribution in [1.29, 1.82) is 0 Å². The van der Waals surface area contributed by atoms with Crippen LogP contribution in [-0.4, -0.2) is 36.8 Å². The van der Waals surface area contributed by atoms with E-state index >= 15 is 0 Å². The number of amides is 1. The standard InChI is InChI=1S/C34H30BrN3O6S/c1-5-43-26-16-22(23(35)17-25(26)42-4)29-27(33(41)44-6-2)19(3)36-34-38(29)32(40)30(45-34)28-21-14-10-11-15-24(21)37(31(28)39)18-20-12-8-7-9-13-20/h7-17,29H,5-6,18H2,1-4H3/b30-28-/t29-/m1/s1. The van der Waals surface area contributed by atoms with Gasteiger partial charge in [-0.25, -0.2) is 9.79 Å². The zero-order valence-electron chi connectivity index (χ0n) is 25.1. The lowest BCUT2D eigenvalue weighted by atomic mass is 9.95. The molecule has 2 aliphatic rings. The Balaban J connectivity index is 1.61. The van der Waals surface area contributed by atoms with Crippen LogP contribution in [0.2, 0.25) is 0 Å². The third-order valence-corrected chi connectivity index (χ3v) is 9.44. The van der Waals surface area contributed by atoms with Gasteiger partial charge in [0.05, 0.1) is 55.4 Å². The van der Waals surface area contributed by atoms with E-state index in [9.17, 15) is 14.4 Å². The van der Waals surface area contributed by atoms with E-state index in [0.29, 0.717) is 56.3 Å². The van der Waals surface area contributed by atoms with Crippen LogP contribution in [0.3, 0.4) is 0 Å². The minimum absolute atomic E-state index is 0.146. The molecule has 0 fully saturated rings. The van der Waals surface area contributed by atoms with Crippen LogP contribution in [0.25, 0.3) is 5.57 Å². The predicted octanol–water partition coefficient (Wildman–Crippen LogP) is 4.89. The van der Waals surface area contributed by atoms with Gasteiger partial charge in [0.2, 0.25) is 0 Å². The number of allylic oxidation sites excluding steroid dienone is 1. The van der Waals surface area contributed by atoms with Gasteiger partial charge in [0.1, 0.15) is 4.53 Å². The number of esters is 1. The second-order valence-corrected chi connectivity index (χ2v) is 12.2. The number of anilines is 1. The van der Waals surface area contributed by atoms with Crippen molar-refractivity contribution in [2.24, 2.45) is 4.99 Å². The van der Waals surface area contributed by atoms with Crippen LogP contribution in [0.1, 0.15) is 43.5 Å². The van der Waals surface area contributed by atoms with Crippen molar-refractivity contribution in [1.82, 2.24) is 4.57 Å². The average molecular weight is 689 g/mol. The van der Waals surface area contributed by atoms with E-state index in [1.54, 1.807) is 38.0 Å². The molecule has 0 radical (unpaired) electrons. The van der Waals surface area contributed by atoms with Crippen LogP contribution >= 0.6 is 27.3 Å². The molecule has 1 atom stereocenters. The summed E-state index contributed by atoms with van der Waals surface area (Å²) in [4.78, 5) is 48.9. The van der Waals surface area contributed by atoms with Gasteiger partial charge in [0.15, 0.2) is 16.3 Å². The summed E-state index contributed by atoms with van der Waals surface area (Å²) in [5.41, 5.74) is 3.46. The SMILES string of the molecule is CCOC(=O)C1=C(C)N=c2s/c(=C3\C(=O)N(Cc4ccccc4)c4ccccc43)c(=O)n2[C@@H]1c1cc(OCC)c(OC)cc1Br. The van der Waals surface area contributed by atoms with Gasteiger partial charge in [-0.05, 0) is 50.1 Å². The van der Waals surface area contributed by atoms with Crippen molar-refractivity contribution in [2.75, 3.05) is 25.2 Å². The van der Waals surface area contributed by atoms with Gasteiger partial charge >= 0.3 is 5.97 Å². The largest absolute Gasteiger partial charge is 0.493 e. The van der Waals surface area contributed by atoms with Gasteiger partial charge in [-0.3, -0.25) is 14.2 Å². The normalized spacial score (nSPS) is 16.7. The number of benzene rings is 3. The number of nitrogens with zero attached hydrogens (tertiary/aromatic N) is 3. The fourth-order valence-corrected chi connectivity index (χ4v) is 7.42. The number of carbonyl (C=O) groups is 2. The van der Waals surface area contributed by atoms with Gasteiger partial charge in [-0.1, -0.05) is 75.8 Å². The molecule has 3 aromatic carbocycles. The number of para-hydroxylation sites is 1. The van der Waals surface area contributed by atoms with Crippen molar-refractivity contribution >= 4 is 50.4 Å². The number of aromatic nitrogens is 1. The maximum absolute atomic E-state index is 14.6. The van der Waals surface area contributed by atoms with E-state index in [0.717, 1.165) is 22.6 Å². The first-order chi connectivity index (χ1) is 21.8. The number of hydrogen-bond acceptors (Lipinski definition) is 8. The Morgan fingerprint density at radius 2 is 1.73 bits per heavy atom. The molecular weight excluding hydrogens is 658 g/mol. The van der Waals surface area contributed by atoms with Crippen molar-refractivity contribution in [3.8, 4) is 11.5 Å². The molecule has 230 valence electrons. The van der Waals surface area contributed by atoms with Crippen molar-refractivity contribution in [2.45, 2.75) is 33.4 Å². The summed E-state index contributed by atoms with van der Waals surface area (Å²) in [7, 11) is 1.54. The number of ether oxygens (including phenoxy) is 3. The molecular formula is C34H30BrN3O6S. The van der Waals surface area contributed by atoms with E-state index < -0.39 is 17.6 Å². The zero-order chi connectivity index (χ0) is 31.8. The Kier molecular flexibility index (Phi) is 8.48. The predicted molar refractivity (Wildman–Crippen MR) is 175 cm³/mol. The number of rotatable bonds is 8. The lowest BCUT2D eigenvalue weighted by Crippen LogP contribution is -2.41. The number of carbonyl (C=O) groups excluding carboxylic acids is 2. The van der Waals surface area contributed by atoms with E-state index in [1.165, 1.54) is 4.57 Å². The first-order valence-electron chi connectivity index (χ1n) is 14.5.